The molecule has 4 nitrogen and oxygen atoms in total. The van der Waals surface area contributed by atoms with Crippen LogP contribution in [0.4, 0.5) is 5.69 Å². The molecule has 0 spiro atoms. The first kappa shape index (κ1) is 16.6. The molecule has 0 saturated carbocycles. The van der Waals surface area contributed by atoms with Crippen molar-refractivity contribution >= 4 is 34.8 Å². The monoisotopic (exact) mass is 339 g/mol. The molecule has 0 aromatic heterocycles. The molecule has 0 fully saturated rings. The Balaban J connectivity index is 2.04. The molecule has 22 heavy (non-hydrogen) atoms. The molecule has 0 aliphatic heterocycles. The number of carbonyl (C=O) groups excluding carboxylic acids is 1. The van der Waals surface area contributed by atoms with Crippen molar-refractivity contribution in [2.45, 2.75) is 19.4 Å². The minimum absolute atomic E-state index is 0.0671. The lowest BCUT2D eigenvalue weighted by Crippen LogP contribution is -2.15. The topological polar surface area (TPSA) is 69.6 Å². The maximum absolute atomic E-state index is 12.0. The number of aliphatic hydroxyl groups is 1. The van der Waals surface area contributed by atoms with E-state index in [9.17, 15) is 15.0 Å². The van der Waals surface area contributed by atoms with Crippen LogP contribution < -0.4 is 5.32 Å². The number of amides is 1. The summed E-state index contributed by atoms with van der Waals surface area (Å²) in [6.07, 6.45) is -1.17. The van der Waals surface area contributed by atoms with Crippen molar-refractivity contribution in [2.24, 2.45) is 0 Å². The summed E-state index contributed by atoms with van der Waals surface area (Å²) in [4.78, 5) is 12.0. The summed E-state index contributed by atoms with van der Waals surface area (Å²) in [6.45, 7) is 1.80. The van der Waals surface area contributed by atoms with E-state index >= 15 is 0 Å². The number of anilines is 1. The molecule has 2 rings (SSSR count). The fourth-order valence-corrected chi connectivity index (χ4v) is 2.65. The van der Waals surface area contributed by atoms with Gasteiger partial charge in [-0.15, -0.1) is 0 Å². The Labute approximate surface area is 138 Å². The van der Waals surface area contributed by atoms with Crippen LogP contribution in [0, 0.1) is 6.92 Å². The third-order valence-corrected chi connectivity index (χ3v) is 3.43. The summed E-state index contributed by atoms with van der Waals surface area (Å²) in [5.41, 5.74) is 1.76. The van der Waals surface area contributed by atoms with Gasteiger partial charge in [0.2, 0.25) is 5.91 Å². The Morgan fingerprint density at radius 3 is 2.36 bits per heavy atom. The number of aliphatic hydroxyl groups excluding tert-OH is 1. The Bertz CT molecular complexity index is 663. The normalized spacial score (nSPS) is 12.0. The molecule has 1 unspecified atom stereocenters. The molecule has 1 atom stereocenters. The first-order valence-corrected chi connectivity index (χ1v) is 7.33. The molecular weight excluding hydrogens is 325 g/mol. The summed E-state index contributed by atoms with van der Waals surface area (Å²) in [5, 5.41) is 23.0. The van der Waals surface area contributed by atoms with Gasteiger partial charge in [0.15, 0.2) is 0 Å². The fraction of sp³-hybridized carbons (Fsp3) is 0.188. The summed E-state index contributed by atoms with van der Waals surface area (Å²) >= 11 is 11.7. The van der Waals surface area contributed by atoms with Gasteiger partial charge < -0.3 is 15.5 Å². The zero-order valence-electron chi connectivity index (χ0n) is 11.8. The highest BCUT2D eigenvalue weighted by Crippen LogP contribution is 2.26. The van der Waals surface area contributed by atoms with E-state index in [1.165, 1.54) is 6.07 Å². The maximum atomic E-state index is 12.0. The Hall–Kier alpha value is -1.75. The third kappa shape index (κ3) is 4.63. The number of carbonyl (C=O) groups is 1. The molecule has 0 aliphatic carbocycles. The minimum atomic E-state index is -1.02. The second-order valence-corrected chi connectivity index (χ2v) is 5.90. The van der Waals surface area contributed by atoms with Crippen LogP contribution in [0.5, 0.6) is 5.75 Å². The van der Waals surface area contributed by atoms with E-state index in [-0.39, 0.29) is 18.1 Å². The number of hydrogen-bond donors (Lipinski definition) is 3. The summed E-state index contributed by atoms with van der Waals surface area (Å²) < 4.78 is 0. The zero-order chi connectivity index (χ0) is 16.3. The summed E-state index contributed by atoms with van der Waals surface area (Å²) in [5.74, 6) is -0.314. The van der Waals surface area contributed by atoms with Crippen molar-refractivity contribution in [3.63, 3.8) is 0 Å². The molecular formula is C16H15Cl2NO3. The summed E-state index contributed by atoms with van der Waals surface area (Å²) in [7, 11) is 0. The third-order valence-electron chi connectivity index (χ3n) is 2.99. The second kappa shape index (κ2) is 7.01. The van der Waals surface area contributed by atoms with Crippen LogP contribution in [0.15, 0.2) is 36.4 Å². The molecule has 116 valence electrons. The van der Waals surface area contributed by atoms with E-state index in [1.807, 2.05) is 0 Å². The highest BCUT2D eigenvalue weighted by atomic mass is 35.5. The summed E-state index contributed by atoms with van der Waals surface area (Å²) in [6, 6.07) is 9.41. The number of rotatable bonds is 4. The van der Waals surface area contributed by atoms with Crippen LogP contribution in [0.1, 0.15) is 23.7 Å². The number of benzene rings is 2. The number of aromatic hydroxyl groups is 1. The van der Waals surface area contributed by atoms with Gasteiger partial charge >= 0.3 is 0 Å². The standard InChI is InChI=1S/C16H15Cl2NO3/c1-9-2-13(7-14(20)3-9)19-16(22)8-15(21)10-4-11(17)6-12(18)5-10/h2-7,15,20-21H,8H2,1H3,(H,19,22). The largest absolute Gasteiger partial charge is 0.508 e. The van der Waals surface area contributed by atoms with E-state index in [1.54, 1.807) is 37.3 Å². The number of aryl methyl sites for hydroxylation is 1. The van der Waals surface area contributed by atoms with Gasteiger partial charge in [-0.25, -0.2) is 0 Å². The molecule has 1 amide bonds. The highest BCUT2D eigenvalue weighted by molar-refractivity contribution is 6.34. The van der Waals surface area contributed by atoms with Gasteiger partial charge in [-0.2, -0.15) is 0 Å². The lowest BCUT2D eigenvalue weighted by molar-refractivity contribution is -0.118. The van der Waals surface area contributed by atoms with Gasteiger partial charge in [0.25, 0.3) is 0 Å². The number of hydrogen-bond acceptors (Lipinski definition) is 3. The molecule has 6 heteroatoms. The van der Waals surface area contributed by atoms with Crippen LogP contribution in [-0.4, -0.2) is 16.1 Å². The van der Waals surface area contributed by atoms with E-state index < -0.39 is 6.10 Å². The van der Waals surface area contributed by atoms with Crippen molar-refractivity contribution in [1.82, 2.24) is 0 Å². The van der Waals surface area contributed by atoms with Crippen LogP contribution in [-0.2, 0) is 4.79 Å². The van der Waals surface area contributed by atoms with Gasteiger partial charge in [0, 0.05) is 21.8 Å². The van der Waals surface area contributed by atoms with E-state index in [0.717, 1.165) is 5.56 Å². The Morgan fingerprint density at radius 1 is 1.14 bits per heavy atom. The molecule has 0 radical (unpaired) electrons. The molecule has 3 N–H and O–H groups in total. The fourth-order valence-electron chi connectivity index (χ4n) is 2.11. The highest BCUT2D eigenvalue weighted by Gasteiger charge is 2.15. The van der Waals surface area contributed by atoms with Crippen LogP contribution in [0.3, 0.4) is 0 Å². The molecule has 0 bridgehead atoms. The van der Waals surface area contributed by atoms with E-state index in [2.05, 4.69) is 5.32 Å². The first-order valence-electron chi connectivity index (χ1n) is 6.58. The van der Waals surface area contributed by atoms with Gasteiger partial charge in [0.05, 0.1) is 12.5 Å². The average molecular weight is 340 g/mol. The number of nitrogens with one attached hydrogen (secondary N) is 1. The predicted molar refractivity (Wildman–Crippen MR) is 87.5 cm³/mol. The van der Waals surface area contributed by atoms with Crippen LogP contribution >= 0.6 is 23.2 Å². The van der Waals surface area contributed by atoms with Gasteiger partial charge in [-0.1, -0.05) is 23.2 Å². The molecule has 2 aromatic rings. The maximum Gasteiger partial charge on any atom is 0.227 e. The second-order valence-electron chi connectivity index (χ2n) is 5.03. The molecule has 0 saturated heterocycles. The van der Waals surface area contributed by atoms with Gasteiger partial charge in [-0.05, 0) is 48.4 Å². The number of phenolic OH excluding ortho intramolecular Hbond substituents is 1. The molecule has 0 heterocycles. The van der Waals surface area contributed by atoms with Crippen molar-refractivity contribution in [1.29, 1.82) is 0 Å². The SMILES string of the molecule is Cc1cc(O)cc(NC(=O)CC(O)c2cc(Cl)cc(Cl)c2)c1. The lowest BCUT2D eigenvalue weighted by Gasteiger charge is -2.12. The predicted octanol–water partition coefficient (Wildman–Crippen LogP) is 4.07. The minimum Gasteiger partial charge on any atom is -0.508 e. The van der Waals surface area contributed by atoms with Crippen molar-refractivity contribution in [3.8, 4) is 5.75 Å². The van der Waals surface area contributed by atoms with Gasteiger partial charge in [0.1, 0.15) is 5.75 Å². The van der Waals surface area contributed by atoms with E-state index in [4.69, 9.17) is 23.2 Å². The quantitative estimate of drug-likeness (QED) is 0.786. The Kier molecular flexibility index (Phi) is 5.29. The number of halogens is 2. The van der Waals surface area contributed by atoms with Crippen LogP contribution in [0.2, 0.25) is 10.0 Å². The average Bonchev–Trinajstić information content (AvgIpc) is 2.35. The van der Waals surface area contributed by atoms with Gasteiger partial charge in [-0.3, -0.25) is 4.79 Å². The Morgan fingerprint density at radius 2 is 1.77 bits per heavy atom. The van der Waals surface area contributed by atoms with Crippen molar-refractivity contribution < 1.29 is 15.0 Å². The van der Waals surface area contributed by atoms with Crippen molar-refractivity contribution in [3.05, 3.63) is 57.6 Å². The smallest absolute Gasteiger partial charge is 0.227 e. The number of phenols is 1. The zero-order valence-corrected chi connectivity index (χ0v) is 13.3. The molecule has 0 aliphatic rings. The van der Waals surface area contributed by atoms with Crippen LogP contribution in [0.25, 0.3) is 0 Å². The lowest BCUT2D eigenvalue weighted by atomic mass is 10.1. The molecule has 2 aromatic carbocycles. The first-order chi connectivity index (χ1) is 10.3. The van der Waals surface area contributed by atoms with Crippen molar-refractivity contribution in [2.75, 3.05) is 5.32 Å². The van der Waals surface area contributed by atoms with E-state index in [0.29, 0.717) is 21.3 Å².